The highest BCUT2D eigenvalue weighted by Crippen LogP contribution is 2.13. The van der Waals surface area contributed by atoms with Crippen molar-refractivity contribution in [1.82, 2.24) is 15.3 Å². The van der Waals surface area contributed by atoms with Gasteiger partial charge >= 0.3 is 0 Å². The van der Waals surface area contributed by atoms with E-state index in [-0.39, 0.29) is 5.91 Å². The van der Waals surface area contributed by atoms with E-state index in [1.54, 1.807) is 0 Å². The summed E-state index contributed by atoms with van der Waals surface area (Å²) in [6, 6.07) is 0. The molecule has 1 amide bonds. The molecule has 0 spiro atoms. The fourth-order valence-corrected chi connectivity index (χ4v) is 2.62. The summed E-state index contributed by atoms with van der Waals surface area (Å²) in [7, 11) is 0. The first-order valence-electron chi connectivity index (χ1n) is 8.84. The predicted octanol–water partition coefficient (Wildman–Crippen LogP) is 2.86. The maximum atomic E-state index is 11.7. The van der Waals surface area contributed by atoms with Gasteiger partial charge in [0.05, 0.1) is 0 Å². The maximum absolute atomic E-state index is 11.7. The first-order chi connectivity index (χ1) is 11.3. The van der Waals surface area contributed by atoms with Gasteiger partial charge in [-0.2, -0.15) is 4.98 Å². The van der Waals surface area contributed by atoms with E-state index >= 15 is 0 Å². The normalized spacial score (nSPS) is 18.7. The zero-order valence-electron chi connectivity index (χ0n) is 14.2. The molecule has 1 aliphatic heterocycles. The molecule has 2 rings (SSSR count). The van der Waals surface area contributed by atoms with Gasteiger partial charge in [0.15, 0.2) is 0 Å². The van der Waals surface area contributed by atoms with Crippen molar-refractivity contribution < 1.29 is 4.79 Å². The van der Waals surface area contributed by atoms with Crippen molar-refractivity contribution in [3.05, 3.63) is 11.8 Å². The van der Waals surface area contributed by atoms with Gasteiger partial charge in [-0.15, -0.1) is 0 Å². The van der Waals surface area contributed by atoms with Gasteiger partial charge in [-0.3, -0.25) is 4.79 Å². The molecule has 0 saturated carbocycles. The van der Waals surface area contributed by atoms with Gasteiger partial charge in [0.2, 0.25) is 11.9 Å². The van der Waals surface area contributed by atoms with Crippen LogP contribution in [0.3, 0.4) is 0 Å². The molecule has 0 atom stereocenters. The Morgan fingerprint density at radius 2 is 1.52 bits per heavy atom. The second-order valence-electron chi connectivity index (χ2n) is 6.15. The molecule has 3 N–H and O–H groups in total. The minimum Gasteiger partial charge on any atom is -0.370 e. The van der Waals surface area contributed by atoms with E-state index in [1.165, 1.54) is 0 Å². The van der Waals surface area contributed by atoms with E-state index in [0.717, 1.165) is 76.0 Å². The molecule has 0 aliphatic carbocycles. The fourth-order valence-electron chi connectivity index (χ4n) is 2.62. The maximum Gasteiger partial charge on any atom is 0.224 e. The predicted molar refractivity (Wildman–Crippen MR) is 93.7 cm³/mol. The summed E-state index contributed by atoms with van der Waals surface area (Å²) >= 11 is 0. The van der Waals surface area contributed by atoms with Crippen LogP contribution in [0.15, 0.2) is 6.20 Å². The van der Waals surface area contributed by atoms with Crippen molar-refractivity contribution in [2.45, 2.75) is 58.3 Å². The highest BCUT2D eigenvalue weighted by molar-refractivity contribution is 5.75. The molecule has 6 nitrogen and oxygen atoms in total. The SMILES string of the molecule is Cc1cnc2nc1NCCCCCC(=O)NCCCCCCN2. The average Bonchev–Trinajstić information content (AvgIpc) is 2.54. The van der Waals surface area contributed by atoms with Crippen LogP contribution >= 0.6 is 0 Å². The molecular formula is C17H29N5O. The van der Waals surface area contributed by atoms with Crippen LogP contribution in [0, 0.1) is 6.92 Å². The summed E-state index contributed by atoms with van der Waals surface area (Å²) in [6.07, 6.45) is 9.98. The molecule has 2 bridgehead atoms. The van der Waals surface area contributed by atoms with Gasteiger partial charge in [0, 0.05) is 37.8 Å². The van der Waals surface area contributed by atoms with Crippen LogP contribution in [0.25, 0.3) is 0 Å². The Morgan fingerprint density at radius 1 is 0.870 bits per heavy atom. The average molecular weight is 319 g/mol. The van der Waals surface area contributed by atoms with Crippen LogP contribution in [0.4, 0.5) is 11.8 Å². The third-order valence-electron chi connectivity index (χ3n) is 4.05. The second-order valence-corrected chi connectivity index (χ2v) is 6.15. The van der Waals surface area contributed by atoms with E-state index in [4.69, 9.17) is 0 Å². The van der Waals surface area contributed by atoms with E-state index in [2.05, 4.69) is 25.9 Å². The number of hydrogen-bond donors (Lipinski definition) is 3. The molecule has 1 aromatic heterocycles. The van der Waals surface area contributed by atoms with Gasteiger partial charge in [0.25, 0.3) is 0 Å². The first-order valence-corrected chi connectivity index (χ1v) is 8.84. The largest absolute Gasteiger partial charge is 0.370 e. The van der Waals surface area contributed by atoms with Crippen molar-refractivity contribution >= 4 is 17.7 Å². The zero-order chi connectivity index (χ0) is 16.3. The minimum absolute atomic E-state index is 0.192. The molecule has 1 aromatic rings. The number of nitrogens with zero attached hydrogens (tertiary/aromatic N) is 2. The number of anilines is 2. The van der Waals surface area contributed by atoms with Crippen molar-refractivity contribution in [3.8, 4) is 0 Å². The lowest BCUT2D eigenvalue weighted by atomic mass is 10.1. The summed E-state index contributed by atoms with van der Waals surface area (Å²) in [5, 5.41) is 9.68. The van der Waals surface area contributed by atoms with E-state index in [9.17, 15) is 4.79 Å². The van der Waals surface area contributed by atoms with Crippen molar-refractivity contribution in [1.29, 1.82) is 0 Å². The smallest absolute Gasteiger partial charge is 0.224 e. The molecule has 1 aliphatic rings. The molecule has 0 radical (unpaired) electrons. The summed E-state index contributed by atoms with van der Waals surface area (Å²) < 4.78 is 0. The van der Waals surface area contributed by atoms with Gasteiger partial charge < -0.3 is 16.0 Å². The number of aromatic nitrogens is 2. The summed E-state index contributed by atoms with van der Waals surface area (Å²) in [5.74, 6) is 1.80. The van der Waals surface area contributed by atoms with E-state index in [0.29, 0.717) is 12.4 Å². The number of hydrogen-bond acceptors (Lipinski definition) is 5. The topological polar surface area (TPSA) is 78.9 Å². The van der Waals surface area contributed by atoms with Crippen LogP contribution in [0.5, 0.6) is 0 Å². The van der Waals surface area contributed by atoms with Gasteiger partial charge in [-0.1, -0.05) is 19.3 Å². The van der Waals surface area contributed by atoms with Crippen LogP contribution in [-0.2, 0) is 4.79 Å². The molecule has 0 saturated heterocycles. The fraction of sp³-hybridized carbons (Fsp3) is 0.706. The molecule has 0 aromatic carbocycles. The lowest BCUT2D eigenvalue weighted by Crippen LogP contribution is -2.24. The highest BCUT2D eigenvalue weighted by atomic mass is 16.1. The molecular weight excluding hydrogens is 290 g/mol. The van der Waals surface area contributed by atoms with Crippen LogP contribution in [0.1, 0.15) is 56.9 Å². The Balaban J connectivity index is 1.88. The van der Waals surface area contributed by atoms with Crippen molar-refractivity contribution in [2.24, 2.45) is 0 Å². The Kier molecular flexibility index (Phi) is 7.63. The number of rotatable bonds is 0. The third kappa shape index (κ3) is 6.84. The van der Waals surface area contributed by atoms with Gasteiger partial charge in [-0.25, -0.2) is 4.98 Å². The van der Waals surface area contributed by atoms with Gasteiger partial charge in [0.1, 0.15) is 5.82 Å². The standard InChI is InChI=1S/C17H29N5O/c1-14-13-21-17-20-12-7-3-2-6-10-18-15(23)9-5-4-8-11-19-16(14)22-17/h13H,2-12H2,1H3,(H,18,23)(H2,19,20,21,22). The Bertz CT molecular complexity index is 492. The number of carbonyl (C=O) groups excluding carboxylic acids is 1. The highest BCUT2D eigenvalue weighted by Gasteiger charge is 2.05. The van der Waals surface area contributed by atoms with Crippen molar-refractivity contribution in [3.63, 3.8) is 0 Å². The zero-order valence-corrected chi connectivity index (χ0v) is 14.2. The molecule has 128 valence electrons. The lowest BCUT2D eigenvalue weighted by molar-refractivity contribution is -0.121. The number of amides is 1. The van der Waals surface area contributed by atoms with E-state index < -0.39 is 0 Å². The first kappa shape index (κ1) is 17.5. The number of carbonyl (C=O) groups is 1. The van der Waals surface area contributed by atoms with E-state index in [1.807, 2.05) is 13.1 Å². The molecule has 2 heterocycles. The monoisotopic (exact) mass is 319 g/mol. The number of nitrogens with one attached hydrogen (secondary N) is 3. The second kappa shape index (κ2) is 10.0. The number of fused-ring (bicyclic) bond motifs is 2. The third-order valence-corrected chi connectivity index (χ3v) is 4.05. The van der Waals surface area contributed by atoms with Crippen LogP contribution < -0.4 is 16.0 Å². The molecule has 0 unspecified atom stereocenters. The van der Waals surface area contributed by atoms with Crippen LogP contribution in [-0.4, -0.2) is 35.5 Å². The Hall–Kier alpha value is -1.85. The van der Waals surface area contributed by atoms with Crippen molar-refractivity contribution in [2.75, 3.05) is 30.3 Å². The summed E-state index contributed by atoms with van der Waals surface area (Å²) in [5.41, 5.74) is 1.06. The summed E-state index contributed by atoms with van der Waals surface area (Å²) in [6.45, 7) is 4.58. The van der Waals surface area contributed by atoms with Crippen LogP contribution in [0.2, 0.25) is 0 Å². The molecule has 0 fully saturated rings. The summed E-state index contributed by atoms with van der Waals surface area (Å²) in [4.78, 5) is 20.6. The van der Waals surface area contributed by atoms with Gasteiger partial charge in [-0.05, 0) is 32.6 Å². The molecule has 6 heteroatoms. The number of aryl methyl sites for hydroxylation is 1. The minimum atomic E-state index is 0.192. The lowest BCUT2D eigenvalue weighted by Gasteiger charge is -2.11. The Morgan fingerprint density at radius 3 is 2.30 bits per heavy atom. The molecule has 23 heavy (non-hydrogen) atoms. The Labute approximate surface area is 138 Å². The quantitative estimate of drug-likeness (QED) is 0.685.